The summed E-state index contributed by atoms with van der Waals surface area (Å²) in [5.74, 6) is 2.77. The molecule has 0 saturated heterocycles. The molecule has 1 atom stereocenters. The molecular formula is C25H29N5O4S. The first-order chi connectivity index (χ1) is 17.0. The van der Waals surface area contributed by atoms with Crippen LogP contribution in [-0.4, -0.2) is 47.6 Å². The normalized spacial score (nSPS) is 16.1. The van der Waals surface area contributed by atoms with E-state index in [2.05, 4.69) is 26.4 Å². The second kappa shape index (κ2) is 10.9. The third-order valence-electron chi connectivity index (χ3n) is 6.09. The number of terminal acetylenes is 1. The first kappa shape index (κ1) is 24.7. The summed E-state index contributed by atoms with van der Waals surface area (Å²) in [5.41, 5.74) is 0.818. The Morgan fingerprint density at radius 2 is 2.09 bits per heavy atom. The smallest absolute Gasteiger partial charge is 0.247 e. The van der Waals surface area contributed by atoms with Gasteiger partial charge >= 0.3 is 0 Å². The summed E-state index contributed by atoms with van der Waals surface area (Å²) in [5, 5.41) is 13.8. The van der Waals surface area contributed by atoms with Crippen molar-refractivity contribution in [2.75, 3.05) is 14.2 Å². The van der Waals surface area contributed by atoms with Crippen LogP contribution < -0.4 is 14.8 Å². The van der Waals surface area contributed by atoms with Crippen LogP contribution in [0.2, 0.25) is 0 Å². The molecule has 4 rings (SSSR count). The van der Waals surface area contributed by atoms with E-state index in [4.69, 9.17) is 15.9 Å². The van der Waals surface area contributed by atoms with E-state index in [1.807, 2.05) is 17.5 Å². The van der Waals surface area contributed by atoms with Gasteiger partial charge in [-0.3, -0.25) is 14.6 Å². The van der Waals surface area contributed by atoms with Crippen LogP contribution >= 0.6 is 11.3 Å². The molecule has 1 aliphatic heterocycles. The molecule has 9 nitrogen and oxygen atoms in total. The third-order valence-corrected chi connectivity index (χ3v) is 6.98. The van der Waals surface area contributed by atoms with Gasteiger partial charge in [-0.1, -0.05) is 0 Å². The minimum Gasteiger partial charge on any atom is -0.495 e. The number of rotatable bonds is 13. The lowest BCUT2D eigenvalue weighted by molar-refractivity contribution is -0.142. The Morgan fingerprint density at radius 3 is 2.74 bits per heavy atom. The van der Waals surface area contributed by atoms with Gasteiger partial charge in [0.25, 0.3) is 0 Å². The fraction of sp³-hybridized carbons (Fsp3) is 0.480. The largest absolute Gasteiger partial charge is 0.495 e. The van der Waals surface area contributed by atoms with Crippen LogP contribution in [-0.2, 0) is 16.1 Å². The quantitative estimate of drug-likeness (QED) is 0.425. The maximum Gasteiger partial charge on any atom is 0.247 e. The molecule has 0 spiro atoms. The van der Waals surface area contributed by atoms with E-state index in [0.29, 0.717) is 35.6 Å². The minimum absolute atomic E-state index is 0.140. The highest BCUT2D eigenvalue weighted by Crippen LogP contribution is 2.40. The van der Waals surface area contributed by atoms with Crippen LogP contribution in [0.1, 0.15) is 55.7 Å². The molecule has 35 heavy (non-hydrogen) atoms. The number of thiophene rings is 1. The van der Waals surface area contributed by atoms with E-state index in [1.54, 1.807) is 31.5 Å². The van der Waals surface area contributed by atoms with Crippen molar-refractivity contribution in [1.82, 2.24) is 15.2 Å². The van der Waals surface area contributed by atoms with Crippen LogP contribution in [0.25, 0.3) is 0 Å². The lowest BCUT2D eigenvalue weighted by atomic mass is 10.00. The molecule has 184 valence electrons. The zero-order valence-corrected chi connectivity index (χ0v) is 20.7. The number of carbonyl (C=O) groups excluding carboxylic acids is 2. The molecular weight excluding hydrogens is 466 g/mol. The van der Waals surface area contributed by atoms with Gasteiger partial charge in [-0.15, -0.1) is 23.7 Å². The van der Waals surface area contributed by atoms with Crippen LogP contribution in [0.15, 0.2) is 40.1 Å². The Hall–Kier alpha value is -3.45. The van der Waals surface area contributed by atoms with Crippen molar-refractivity contribution >= 4 is 23.2 Å². The Morgan fingerprint density at radius 1 is 1.29 bits per heavy atom. The van der Waals surface area contributed by atoms with Gasteiger partial charge in [0.15, 0.2) is 10.7 Å². The molecule has 1 aliphatic carbocycles. The van der Waals surface area contributed by atoms with E-state index in [9.17, 15) is 9.59 Å². The Kier molecular flexibility index (Phi) is 7.66. The molecule has 0 aromatic carbocycles. The molecule has 2 aromatic rings. The van der Waals surface area contributed by atoms with Crippen LogP contribution in [0.3, 0.4) is 0 Å². The average molecular weight is 496 g/mol. The molecule has 1 fully saturated rings. The maximum absolute atomic E-state index is 13.7. The predicted octanol–water partition coefficient (Wildman–Crippen LogP) is 3.86. The molecule has 2 aromatic heterocycles. The number of aromatic nitrogens is 1. The van der Waals surface area contributed by atoms with Gasteiger partial charge in [-0.05, 0) is 35.9 Å². The summed E-state index contributed by atoms with van der Waals surface area (Å²) in [6.07, 6.45) is 12.3. The number of nitrogens with zero attached hydrogens (tertiary/aromatic N) is 4. The molecule has 2 aliphatic rings. The molecule has 1 unspecified atom stereocenters. The Bertz CT molecular complexity index is 1130. The summed E-state index contributed by atoms with van der Waals surface area (Å²) >= 11 is 1.39. The number of nitrogens with one attached hydrogen (secondary N) is 1. The van der Waals surface area contributed by atoms with Crippen molar-refractivity contribution in [3.8, 4) is 23.2 Å². The zero-order valence-electron chi connectivity index (χ0n) is 19.9. The number of hydrogen-bond donors (Lipinski definition) is 1. The highest BCUT2D eigenvalue weighted by atomic mass is 32.1. The van der Waals surface area contributed by atoms with E-state index >= 15 is 0 Å². The van der Waals surface area contributed by atoms with Crippen molar-refractivity contribution in [2.45, 2.75) is 62.8 Å². The predicted molar refractivity (Wildman–Crippen MR) is 131 cm³/mol. The first-order valence-corrected chi connectivity index (χ1v) is 12.4. The first-order valence-electron chi connectivity index (χ1n) is 11.6. The number of hydrogen-bond acceptors (Lipinski definition) is 8. The van der Waals surface area contributed by atoms with Gasteiger partial charge < -0.3 is 19.7 Å². The lowest BCUT2D eigenvalue weighted by Gasteiger charge is -2.31. The van der Waals surface area contributed by atoms with E-state index in [0.717, 1.165) is 18.4 Å². The standard InChI is InChI=1S/C25H29N5O4S/c1-4-5-10-25(28-29-25)11-8-21(31)30(16-17-13-19(33-2)15-26-14-17)22(23(32)27-18-6-7-18)20-9-12-35-24(20)34-3/h1,9,12-15,18,22H,5-8,10-11,16H2,2-3H3,(H,27,32). The molecule has 0 radical (unpaired) electrons. The van der Waals surface area contributed by atoms with E-state index in [1.165, 1.54) is 11.3 Å². The van der Waals surface area contributed by atoms with E-state index in [-0.39, 0.29) is 30.8 Å². The van der Waals surface area contributed by atoms with Crippen LogP contribution in [0, 0.1) is 12.3 Å². The maximum atomic E-state index is 13.7. The van der Waals surface area contributed by atoms with Crippen molar-refractivity contribution in [3.63, 3.8) is 0 Å². The number of carbonyl (C=O) groups is 2. The zero-order chi connectivity index (χ0) is 24.8. The summed E-state index contributed by atoms with van der Waals surface area (Å²) in [6, 6.07) is 2.94. The monoisotopic (exact) mass is 495 g/mol. The highest BCUT2D eigenvalue weighted by molar-refractivity contribution is 7.12. The SMILES string of the molecule is C#CCCC1(CCC(=O)N(Cc2cncc(OC)c2)C(C(=O)NC2CC2)c2ccsc2OC)N=N1. The summed E-state index contributed by atoms with van der Waals surface area (Å²) in [4.78, 5) is 33.1. The topological polar surface area (TPSA) is 105 Å². The van der Waals surface area contributed by atoms with E-state index < -0.39 is 11.7 Å². The highest BCUT2D eigenvalue weighted by Gasteiger charge is 2.41. The van der Waals surface area contributed by atoms with Crippen LogP contribution in [0.5, 0.6) is 10.8 Å². The van der Waals surface area contributed by atoms with Crippen LogP contribution in [0.4, 0.5) is 0 Å². The van der Waals surface area contributed by atoms with Gasteiger partial charge in [0, 0.05) is 50.0 Å². The number of pyridine rings is 1. The fourth-order valence-corrected chi connectivity index (χ4v) is 4.68. The van der Waals surface area contributed by atoms with Crippen molar-refractivity contribution in [1.29, 1.82) is 0 Å². The van der Waals surface area contributed by atoms with Crippen molar-refractivity contribution in [2.24, 2.45) is 10.2 Å². The lowest BCUT2D eigenvalue weighted by Crippen LogP contribution is -2.44. The molecule has 3 heterocycles. The summed E-state index contributed by atoms with van der Waals surface area (Å²) in [6.45, 7) is 0.177. The third kappa shape index (κ3) is 6.17. The fourth-order valence-electron chi connectivity index (χ4n) is 3.93. The number of methoxy groups -OCH3 is 2. The second-order valence-corrected chi connectivity index (χ2v) is 9.57. The second-order valence-electron chi connectivity index (χ2n) is 8.69. The van der Waals surface area contributed by atoms with Gasteiger partial charge in [-0.25, -0.2) is 0 Å². The van der Waals surface area contributed by atoms with Gasteiger partial charge in [-0.2, -0.15) is 10.2 Å². The summed E-state index contributed by atoms with van der Waals surface area (Å²) < 4.78 is 10.8. The van der Waals surface area contributed by atoms with Crippen molar-refractivity contribution in [3.05, 3.63) is 41.0 Å². The molecule has 10 heteroatoms. The molecule has 1 N–H and O–H groups in total. The molecule has 0 bridgehead atoms. The van der Waals surface area contributed by atoms with Gasteiger partial charge in [0.2, 0.25) is 11.8 Å². The molecule has 2 amide bonds. The minimum atomic E-state index is -0.856. The summed E-state index contributed by atoms with van der Waals surface area (Å²) in [7, 11) is 3.12. The molecule has 1 saturated carbocycles. The number of ether oxygens (including phenoxy) is 2. The Labute approximate surface area is 208 Å². The van der Waals surface area contributed by atoms with Gasteiger partial charge in [0.05, 0.1) is 20.4 Å². The van der Waals surface area contributed by atoms with Crippen molar-refractivity contribution < 1.29 is 19.1 Å². The average Bonchev–Trinajstić information content (AvgIpc) is 3.80. The Balaban J connectivity index is 1.63. The number of amides is 2. The van der Waals surface area contributed by atoms with Gasteiger partial charge in [0.1, 0.15) is 11.8 Å².